The Labute approximate surface area is 126 Å². The Kier molecular flexibility index (Phi) is 3.90. The summed E-state index contributed by atoms with van der Waals surface area (Å²) in [5, 5.41) is 2.89. The smallest absolute Gasteiger partial charge is 0.243 e. The quantitative estimate of drug-likeness (QED) is 0.901. The zero-order chi connectivity index (χ0) is 15.0. The molecule has 3 heterocycles. The highest BCUT2D eigenvalue weighted by atomic mass is 32.2. The molecule has 1 aromatic heterocycles. The van der Waals surface area contributed by atoms with Gasteiger partial charge in [0.2, 0.25) is 10.0 Å². The maximum Gasteiger partial charge on any atom is 0.243 e. The molecule has 3 rings (SSSR count). The molecule has 21 heavy (non-hydrogen) atoms. The second kappa shape index (κ2) is 5.55. The highest BCUT2D eigenvalue weighted by Crippen LogP contribution is 2.31. The second-order valence-electron chi connectivity index (χ2n) is 5.83. The molecule has 2 saturated heterocycles. The molecule has 2 unspecified atom stereocenters. The van der Waals surface area contributed by atoms with E-state index in [-0.39, 0.29) is 0 Å². The molecule has 0 spiro atoms. The molecule has 2 aliphatic heterocycles. The van der Waals surface area contributed by atoms with Gasteiger partial charge in [-0.15, -0.1) is 0 Å². The van der Waals surface area contributed by atoms with Crippen molar-refractivity contribution in [1.82, 2.24) is 14.2 Å². The lowest BCUT2D eigenvalue weighted by Gasteiger charge is -2.25. The van der Waals surface area contributed by atoms with E-state index in [0.717, 1.165) is 12.8 Å². The lowest BCUT2D eigenvalue weighted by molar-refractivity contribution is 0.246. The van der Waals surface area contributed by atoms with E-state index in [2.05, 4.69) is 22.2 Å². The molecule has 2 fully saturated rings. The third-order valence-electron chi connectivity index (χ3n) is 4.74. The van der Waals surface area contributed by atoms with E-state index < -0.39 is 10.0 Å². The van der Waals surface area contributed by atoms with Crippen LogP contribution in [0, 0.1) is 0 Å². The van der Waals surface area contributed by atoms with Crippen LogP contribution in [0.4, 0.5) is 5.82 Å². The van der Waals surface area contributed by atoms with E-state index in [0.29, 0.717) is 35.9 Å². The molecule has 1 aromatic rings. The van der Waals surface area contributed by atoms with E-state index in [4.69, 9.17) is 0 Å². The van der Waals surface area contributed by atoms with Gasteiger partial charge in [0.15, 0.2) is 0 Å². The maximum absolute atomic E-state index is 12.8. The van der Waals surface area contributed by atoms with Gasteiger partial charge in [0, 0.05) is 44.5 Å². The Balaban J connectivity index is 1.87. The van der Waals surface area contributed by atoms with Crippen molar-refractivity contribution in [3.63, 3.8) is 0 Å². The third-order valence-corrected chi connectivity index (χ3v) is 6.60. The van der Waals surface area contributed by atoms with Crippen LogP contribution < -0.4 is 5.32 Å². The Hall–Kier alpha value is -1.18. The van der Waals surface area contributed by atoms with Crippen molar-refractivity contribution < 1.29 is 8.42 Å². The SMILES string of the molecule is CNc1cc(S(=O)(=O)N2CCC3CCC(C2)N3C)ccn1. The summed E-state index contributed by atoms with van der Waals surface area (Å²) in [6.45, 7) is 1.19. The largest absolute Gasteiger partial charge is 0.373 e. The first-order valence-electron chi connectivity index (χ1n) is 7.38. The van der Waals surface area contributed by atoms with Crippen molar-refractivity contribution in [2.45, 2.75) is 36.2 Å². The van der Waals surface area contributed by atoms with Crippen LogP contribution in [-0.2, 0) is 10.0 Å². The van der Waals surface area contributed by atoms with Gasteiger partial charge in [-0.25, -0.2) is 13.4 Å². The summed E-state index contributed by atoms with van der Waals surface area (Å²) in [5.41, 5.74) is 0. The number of anilines is 1. The lowest BCUT2D eigenvalue weighted by atomic mass is 10.1. The molecule has 7 heteroatoms. The number of nitrogens with zero attached hydrogens (tertiary/aromatic N) is 3. The van der Waals surface area contributed by atoms with E-state index >= 15 is 0 Å². The van der Waals surface area contributed by atoms with Crippen molar-refractivity contribution >= 4 is 15.8 Å². The van der Waals surface area contributed by atoms with Gasteiger partial charge in [-0.05, 0) is 32.4 Å². The minimum Gasteiger partial charge on any atom is -0.373 e. The number of hydrogen-bond acceptors (Lipinski definition) is 5. The minimum absolute atomic E-state index is 0.322. The summed E-state index contributed by atoms with van der Waals surface area (Å²) in [7, 11) is 0.413. The topological polar surface area (TPSA) is 65.5 Å². The molecule has 6 nitrogen and oxygen atoms in total. The van der Waals surface area contributed by atoms with Crippen molar-refractivity contribution in [3.05, 3.63) is 18.3 Å². The molecule has 2 atom stereocenters. The molecular formula is C14H22N4O2S. The van der Waals surface area contributed by atoms with Gasteiger partial charge in [0.25, 0.3) is 0 Å². The molecule has 2 bridgehead atoms. The Morgan fingerprint density at radius 1 is 1.29 bits per heavy atom. The minimum atomic E-state index is -3.44. The standard InChI is InChI=1S/C14H22N4O2S/c1-15-14-9-13(5-7-16-14)21(19,20)18-8-6-11-3-4-12(10-18)17(11)2/h5,7,9,11-12H,3-4,6,8,10H2,1-2H3,(H,15,16). The first kappa shape index (κ1) is 14.7. The van der Waals surface area contributed by atoms with Crippen LogP contribution in [0.2, 0.25) is 0 Å². The number of fused-ring (bicyclic) bond motifs is 2. The first-order valence-corrected chi connectivity index (χ1v) is 8.82. The first-order chi connectivity index (χ1) is 10.0. The Morgan fingerprint density at radius 3 is 2.81 bits per heavy atom. The molecule has 116 valence electrons. The number of hydrogen-bond donors (Lipinski definition) is 1. The molecule has 0 aliphatic carbocycles. The zero-order valence-corrected chi connectivity index (χ0v) is 13.3. The van der Waals surface area contributed by atoms with Gasteiger partial charge < -0.3 is 5.32 Å². The normalized spacial score (nSPS) is 27.5. The number of sulfonamides is 1. The van der Waals surface area contributed by atoms with Crippen molar-refractivity contribution in [2.24, 2.45) is 0 Å². The number of rotatable bonds is 3. The summed E-state index contributed by atoms with van der Waals surface area (Å²) in [6, 6.07) is 4.05. The lowest BCUT2D eigenvalue weighted by Crippen LogP contribution is -2.39. The average Bonchev–Trinajstić information content (AvgIpc) is 2.71. The van der Waals surface area contributed by atoms with E-state index in [1.165, 1.54) is 12.6 Å². The van der Waals surface area contributed by atoms with E-state index in [9.17, 15) is 8.42 Å². The number of aromatic nitrogens is 1. The van der Waals surface area contributed by atoms with Crippen LogP contribution in [0.1, 0.15) is 19.3 Å². The molecular weight excluding hydrogens is 288 g/mol. The van der Waals surface area contributed by atoms with Gasteiger partial charge in [0.05, 0.1) is 4.90 Å². The molecule has 0 aromatic carbocycles. The van der Waals surface area contributed by atoms with Crippen molar-refractivity contribution in [1.29, 1.82) is 0 Å². The molecule has 0 saturated carbocycles. The van der Waals surface area contributed by atoms with Crippen LogP contribution in [0.3, 0.4) is 0 Å². The summed E-state index contributed by atoms with van der Waals surface area (Å²) < 4.78 is 27.3. The average molecular weight is 310 g/mol. The number of pyridine rings is 1. The summed E-state index contributed by atoms with van der Waals surface area (Å²) in [6.07, 6.45) is 4.73. The molecule has 1 N–H and O–H groups in total. The number of likely N-dealkylation sites (N-methyl/N-ethyl adjacent to an activating group) is 1. The van der Waals surface area contributed by atoms with Gasteiger partial charge in [-0.2, -0.15) is 4.31 Å². The van der Waals surface area contributed by atoms with Crippen molar-refractivity contribution in [2.75, 3.05) is 32.5 Å². The van der Waals surface area contributed by atoms with E-state index in [1.54, 1.807) is 23.5 Å². The van der Waals surface area contributed by atoms with Gasteiger partial charge in [-0.1, -0.05) is 0 Å². The van der Waals surface area contributed by atoms with Gasteiger partial charge >= 0.3 is 0 Å². The van der Waals surface area contributed by atoms with Crippen LogP contribution in [-0.4, -0.2) is 61.9 Å². The fraction of sp³-hybridized carbons (Fsp3) is 0.643. The van der Waals surface area contributed by atoms with Gasteiger partial charge in [-0.3, -0.25) is 4.90 Å². The van der Waals surface area contributed by atoms with Crippen LogP contribution in [0.25, 0.3) is 0 Å². The summed E-state index contributed by atoms with van der Waals surface area (Å²) in [4.78, 5) is 6.75. The van der Waals surface area contributed by atoms with Crippen LogP contribution in [0.15, 0.2) is 23.2 Å². The predicted molar refractivity (Wildman–Crippen MR) is 81.7 cm³/mol. The predicted octanol–water partition coefficient (Wildman–Crippen LogP) is 0.980. The van der Waals surface area contributed by atoms with E-state index in [1.807, 2.05) is 0 Å². The van der Waals surface area contributed by atoms with Crippen LogP contribution in [0.5, 0.6) is 0 Å². The Bertz CT molecular complexity index is 619. The molecule has 0 radical (unpaired) electrons. The fourth-order valence-corrected chi connectivity index (χ4v) is 4.86. The highest BCUT2D eigenvalue weighted by molar-refractivity contribution is 7.89. The maximum atomic E-state index is 12.8. The molecule has 2 aliphatic rings. The zero-order valence-electron chi connectivity index (χ0n) is 12.5. The third kappa shape index (κ3) is 2.65. The summed E-state index contributed by atoms with van der Waals surface area (Å²) in [5.74, 6) is 0.574. The highest BCUT2D eigenvalue weighted by Gasteiger charge is 2.38. The second-order valence-corrected chi connectivity index (χ2v) is 7.77. The fourth-order valence-electron chi connectivity index (χ4n) is 3.35. The summed E-state index contributed by atoms with van der Waals surface area (Å²) >= 11 is 0. The monoisotopic (exact) mass is 310 g/mol. The van der Waals surface area contributed by atoms with Crippen molar-refractivity contribution in [3.8, 4) is 0 Å². The Morgan fingerprint density at radius 2 is 2.05 bits per heavy atom. The van der Waals surface area contributed by atoms with Crippen LogP contribution >= 0.6 is 0 Å². The van der Waals surface area contributed by atoms with Gasteiger partial charge in [0.1, 0.15) is 5.82 Å². The molecule has 0 amide bonds. The number of nitrogens with one attached hydrogen (secondary N) is 1.